The smallest absolute Gasteiger partial charge is 0.0672 e. The van der Waals surface area contributed by atoms with E-state index < -0.39 is 0 Å². The highest BCUT2D eigenvalue weighted by Gasteiger charge is 1.99. The van der Waals surface area contributed by atoms with Gasteiger partial charge in [0, 0.05) is 7.05 Å². The van der Waals surface area contributed by atoms with Crippen LogP contribution in [0.1, 0.15) is 24.5 Å². The average Bonchev–Trinajstić information content (AvgIpc) is 2.16. The molecular weight excluding hydrogens is 160 g/mol. The highest BCUT2D eigenvalue weighted by Crippen LogP contribution is 2.06. The molecule has 1 rings (SSSR count). The molecule has 2 heteroatoms. The van der Waals surface area contributed by atoms with Crippen molar-refractivity contribution in [1.82, 2.24) is 5.43 Å². The van der Waals surface area contributed by atoms with E-state index in [-0.39, 0.29) is 0 Å². The Labute approximate surface area is 79.7 Å². The lowest BCUT2D eigenvalue weighted by molar-refractivity contribution is 0.892. The second kappa shape index (κ2) is 4.65. The molecule has 2 nitrogen and oxygen atoms in total. The van der Waals surface area contributed by atoms with Crippen LogP contribution in [0.5, 0.6) is 0 Å². The Morgan fingerprint density at radius 2 is 1.92 bits per heavy atom. The van der Waals surface area contributed by atoms with Gasteiger partial charge in [0.25, 0.3) is 0 Å². The molecule has 0 aliphatic carbocycles. The van der Waals surface area contributed by atoms with Crippen molar-refractivity contribution in [3.63, 3.8) is 0 Å². The number of rotatable bonds is 3. The Balaban J connectivity index is 2.92. The van der Waals surface area contributed by atoms with Crippen LogP contribution in [0.4, 0.5) is 0 Å². The molecular formula is C11H16N2. The highest BCUT2D eigenvalue weighted by atomic mass is 15.3. The maximum Gasteiger partial charge on any atom is 0.0672 e. The largest absolute Gasteiger partial charge is 0.313 e. The zero-order chi connectivity index (χ0) is 9.68. The normalized spacial score (nSPS) is 11.5. The summed E-state index contributed by atoms with van der Waals surface area (Å²) in [7, 11) is 1.82. The van der Waals surface area contributed by atoms with E-state index in [2.05, 4.69) is 48.6 Å². The number of aryl methyl sites for hydroxylation is 1. The van der Waals surface area contributed by atoms with Crippen molar-refractivity contribution in [1.29, 1.82) is 0 Å². The van der Waals surface area contributed by atoms with Gasteiger partial charge in [-0.25, -0.2) is 0 Å². The molecule has 0 saturated heterocycles. The lowest BCUT2D eigenvalue weighted by Gasteiger charge is -2.03. The van der Waals surface area contributed by atoms with E-state index in [4.69, 9.17) is 0 Å². The van der Waals surface area contributed by atoms with Crippen LogP contribution in [-0.2, 0) is 0 Å². The van der Waals surface area contributed by atoms with Crippen LogP contribution < -0.4 is 5.43 Å². The number of hydrogen-bond acceptors (Lipinski definition) is 2. The van der Waals surface area contributed by atoms with E-state index in [0.29, 0.717) is 0 Å². The van der Waals surface area contributed by atoms with E-state index in [9.17, 15) is 0 Å². The molecule has 0 fully saturated rings. The van der Waals surface area contributed by atoms with Crippen LogP contribution in [0.25, 0.3) is 0 Å². The predicted molar refractivity (Wildman–Crippen MR) is 57.1 cm³/mol. The molecule has 0 amide bonds. The van der Waals surface area contributed by atoms with E-state index in [0.717, 1.165) is 12.1 Å². The predicted octanol–water partition coefficient (Wildman–Crippen LogP) is 2.33. The zero-order valence-electron chi connectivity index (χ0n) is 8.46. The maximum absolute atomic E-state index is 4.21. The van der Waals surface area contributed by atoms with E-state index in [1.165, 1.54) is 11.1 Å². The van der Waals surface area contributed by atoms with Gasteiger partial charge in [-0.2, -0.15) is 5.10 Å². The van der Waals surface area contributed by atoms with Crippen LogP contribution >= 0.6 is 0 Å². The molecule has 1 aromatic rings. The Hall–Kier alpha value is -1.31. The van der Waals surface area contributed by atoms with Crippen molar-refractivity contribution in [2.24, 2.45) is 5.10 Å². The summed E-state index contributed by atoms with van der Waals surface area (Å²) in [4.78, 5) is 0. The zero-order valence-corrected chi connectivity index (χ0v) is 8.46. The summed E-state index contributed by atoms with van der Waals surface area (Å²) in [5, 5.41) is 4.21. The standard InChI is InChI=1S/C11H16N2/c1-4-11(13-12-3)10-7-5-9(2)6-8-10/h5-8,12H,4H2,1-3H3/b13-11+. The first-order valence-electron chi connectivity index (χ1n) is 4.58. The van der Waals surface area contributed by atoms with Crippen LogP contribution in [0.3, 0.4) is 0 Å². The molecule has 0 bridgehead atoms. The van der Waals surface area contributed by atoms with Crippen LogP contribution in [0.2, 0.25) is 0 Å². The van der Waals surface area contributed by atoms with E-state index in [1.54, 1.807) is 0 Å². The van der Waals surface area contributed by atoms with Gasteiger partial charge < -0.3 is 5.43 Å². The topological polar surface area (TPSA) is 24.4 Å². The fourth-order valence-electron chi connectivity index (χ4n) is 1.23. The molecule has 0 saturated carbocycles. The molecule has 0 atom stereocenters. The van der Waals surface area contributed by atoms with Gasteiger partial charge in [-0.1, -0.05) is 36.8 Å². The molecule has 0 spiro atoms. The highest BCUT2D eigenvalue weighted by molar-refractivity contribution is 6.00. The van der Waals surface area contributed by atoms with Gasteiger partial charge in [0.2, 0.25) is 0 Å². The molecule has 0 aliphatic heterocycles. The van der Waals surface area contributed by atoms with Crippen molar-refractivity contribution < 1.29 is 0 Å². The minimum Gasteiger partial charge on any atom is -0.313 e. The Kier molecular flexibility index (Phi) is 3.50. The molecule has 1 N–H and O–H groups in total. The summed E-state index contributed by atoms with van der Waals surface area (Å²) in [6, 6.07) is 8.43. The van der Waals surface area contributed by atoms with Crippen LogP contribution in [0.15, 0.2) is 29.4 Å². The lowest BCUT2D eigenvalue weighted by atomic mass is 10.1. The van der Waals surface area contributed by atoms with Gasteiger partial charge in [-0.15, -0.1) is 0 Å². The first kappa shape index (κ1) is 9.78. The third kappa shape index (κ3) is 2.58. The van der Waals surface area contributed by atoms with Gasteiger partial charge >= 0.3 is 0 Å². The first-order valence-corrected chi connectivity index (χ1v) is 4.58. The van der Waals surface area contributed by atoms with Gasteiger partial charge in [0.15, 0.2) is 0 Å². The molecule has 13 heavy (non-hydrogen) atoms. The van der Waals surface area contributed by atoms with Crippen molar-refractivity contribution in [2.75, 3.05) is 7.05 Å². The fourth-order valence-corrected chi connectivity index (χ4v) is 1.23. The lowest BCUT2D eigenvalue weighted by Crippen LogP contribution is -2.05. The monoisotopic (exact) mass is 176 g/mol. The Morgan fingerprint density at radius 3 is 2.38 bits per heavy atom. The van der Waals surface area contributed by atoms with Gasteiger partial charge in [-0.3, -0.25) is 0 Å². The summed E-state index contributed by atoms with van der Waals surface area (Å²) >= 11 is 0. The summed E-state index contributed by atoms with van der Waals surface area (Å²) in [6.07, 6.45) is 0.948. The number of hydrogen-bond donors (Lipinski definition) is 1. The molecule has 0 aliphatic rings. The molecule has 0 heterocycles. The summed E-state index contributed by atoms with van der Waals surface area (Å²) in [5.74, 6) is 0. The fraction of sp³-hybridized carbons (Fsp3) is 0.364. The summed E-state index contributed by atoms with van der Waals surface area (Å²) in [6.45, 7) is 4.20. The second-order valence-electron chi connectivity index (χ2n) is 3.00. The first-order chi connectivity index (χ1) is 6.27. The van der Waals surface area contributed by atoms with Crippen molar-refractivity contribution >= 4 is 5.71 Å². The van der Waals surface area contributed by atoms with Gasteiger partial charge in [0.05, 0.1) is 5.71 Å². The van der Waals surface area contributed by atoms with Gasteiger partial charge in [0.1, 0.15) is 0 Å². The third-order valence-corrected chi connectivity index (χ3v) is 1.97. The van der Waals surface area contributed by atoms with Crippen LogP contribution in [0, 0.1) is 6.92 Å². The number of hydrazone groups is 1. The molecule has 0 unspecified atom stereocenters. The second-order valence-corrected chi connectivity index (χ2v) is 3.00. The third-order valence-electron chi connectivity index (χ3n) is 1.97. The minimum absolute atomic E-state index is 0.948. The SMILES string of the molecule is CC/C(=N\NC)c1ccc(C)cc1. The molecule has 1 aromatic carbocycles. The number of nitrogens with one attached hydrogen (secondary N) is 1. The molecule has 0 aromatic heterocycles. The maximum atomic E-state index is 4.21. The Morgan fingerprint density at radius 1 is 1.31 bits per heavy atom. The number of benzene rings is 1. The van der Waals surface area contributed by atoms with Crippen molar-refractivity contribution in [3.05, 3.63) is 35.4 Å². The summed E-state index contributed by atoms with van der Waals surface area (Å²) in [5.41, 5.74) is 6.40. The van der Waals surface area contributed by atoms with E-state index >= 15 is 0 Å². The average molecular weight is 176 g/mol. The molecule has 70 valence electrons. The summed E-state index contributed by atoms with van der Waals surface area (Å²) < 4.78 is 0. The quantitative estimate of drug-likeness (QED) is 0.554. The minimum atomic E-state index is 0.948. The van der Waals surface area contributed by atoms with Crippen molar-refractivity contribution in [2.45, 2.75) is 20.3 Å². The van der Waals surface area contributed by atoms with Gasteiger partial charge in [-0.05, 0) is 18.9 Å². The molecule has 0 radical (unpaired) electrons. The number of nitrogens with zero attached hydrogens (tertiary/aromatic N) is 1. The van der Waals surface area contributed by atoms with Crippen molar-refractivity contribution in [3.8, 4) is 0 Å². The Bertz CT molecular complexity index is 285. The van der Waals surface area contributed by atoms with Crippen LogP contribution in [-0.4, -0.2) is 12.8 Å². The van der Waals surface area contributed by atoms with E-state index in [1.807, 2.05) is 7.05 Å².